The maximum atomic E-state index is 14.6. The molecule has 0 spiro atoms. The summed E-state index contributed by atoms with van der Waals surface area (Å²) in [5.41, 5.74) is 1.96. The van der Waals surface area contributed by atoms with Crippen LogP contribution in [0.4, 0.5) is 4.79 Å². The minimum atomic E-state index is -0.684. The number of rotatable bonds is 11. The molecule has 1 aromatic carbocycles. The first-order valence-electron chi connectivity index (χ1n) is 22.6. The molecule has 326 valence electrons. The number of hydrogen-bond donors (Lipinski definition) is 1. The van der Waals surface area contributed by atoms with E-state index in [-0.39, 0.29) is 69.4 Å². The second kappa shape index (κ2) is 15.5. The van der Waals surface area contributed by atoms with Gasteiger partial charge in [-0.3, -0.25) is 14.4 Å². The second-order valence-electron chi connectivity index (χ2n) is 22.2. The zero-order chi connectivity index (χ0) is 43.1. The minimum Gasteiger partial charge on any atom is -0.464 e. The van der Waals surface area contributed by atoms with Crippen LogP contribution in [0.1, 0.15) is 132 Å². The predicted octanol–water partition coefficient (Wildman–Crippen LogP) is 9.65. The van der Waals surface area contributed by atoms with Crippen molar-refractivity contribution in [2.75, 3.05) is 27.2 Å². The Morgan fingerprint density at radius 1 is 0.864 bits per heavy atom. The smallest absolute Gasteiger partial charge is 0.318 e. The van der Waals surface area contributed by atoms with E-state index in [1.54, 1.807) is 0 Å². The van der Waals surface area contributed by atoms with E-state index in [2.05, 4.69) is 58.7 Å². The fourth-order valence-electron chi connectivity index (χ4n) is 14.4. The molecule has 10 heteroatoms. The monoisotopic (exact) mass is 834 g/mol. The average Bonchev–Trinajstić information content (AvgIpc) is 3.45. The van der Waals surface area contributed by atoms with Crippen molar-refractivity contribution in [1.29, 1.82) is 0 Å². The van der Waals surface area contributed by atoms with Gasteiger partial charge in [0.2, 0.25) is 0 Å². The van der Waals surface area contributed by atoms with Gasteiger partial charge in [-0.2, -0.15) is 0 Å². The summed E-state index contributed by atoms with van der Waals surface area (Å²) in [6.45, 7) is 22.9. The third-order valence-electron chi connectivity index (χ3n) is 18.0. The number of halogens is 1. The van der Waals surface area contributed by atoms with Crippen molar-refractivity contribution in [2.24, 2.45) is 56.7 Å². The van der Waals surface area contributed by atoms with Gasteiger partial charge >= 0.3 is 12.0 Å². The highest BCUT2D eigenvalue weighted by Crippen LogP contribution is 2.76. The van der Waals surface area contributed by atoms with Crippen LogP contribution in [-0.4, -0.2) is 79.0 Å². The van der Waals surface area contributed by atoms with Gasteiger partial charge in [-0.1, -0.05) is 86.0 Å². The molecule has 5 saturated carbocycles. The van der Waals surface area contributed by atoms with Crippen LogP contribution in [0.15, 0.2) is 35.4 Å². The SMILES string of the molecule is CC(C)C1=C2[C@H]3CC[C@@H]4[C@@]5(C)CCC(OC(=O)[C@H]6C[C@@H](OC=O)C6(C)C)C(C)(C)[C@@H]5CC[C@@]4(C)[C@]3(C)CC[C@@]2(NC(=O)N(CCN(C)C)Cc2ccc(Cl)cc2)CC1=O. The van der Waals surface area contributed by atoms with Crippen molar-refractivity contribution in [2.45, 2.75) is 151 Å². The summed E-state index contributed by atoms with van der Waals surface area (Å²) in [5, 5.41) is 4.28. The Kier molecular flexibility index (Phi) is 11.6. The van der Waals surface area contributed by atoms with Crippen molar-refractivity contribution < 1.29 is 28.7 Å². The Morgan fingerprint density at radius 3 is 2.19 bits per heavy atom. The zero-order valence-electron chi connectivity index (χ0n) is 37.8. The Bertz CT molecular complexity index is 1860. The molecular formula is C49H72ClN3O6. The molecule has 10 atom stereocenters. The van der Waals surface area contributed by atoms with Crippen LogP contribution in [0.25, 0.3) is 0 Å². The van der Waals surface area contributed by atoms with Gasteiger partial charge in [0.25, 0.3) is 6.47 Å². The largest absolute Gasteiger partial charge is 0.464 e. The number of urea groups is 1. The Hall–Kier alpha value is -2.91. The number of Topliss-reactive ketones (excluding diaryl/α,β-unsaturated/α-hetero) is 1. The number of ether oxygens (including phenoxy) is 2. The molecule has 6 aliphatic rings. The first-order valence-corrected chi connectivity index (χ1v) is 23.0. The van der Waals surface area contributed by atoms with E-state index in [1.807, 2.05) is 57.1 Å². The molecule has 1 unspecified atom stereocenters. The summed E-state index contributed by atoms with van der Waals surface area (Å²) in [4.78, 5) is 57.7. The Labute approximate surface area is 359 Å². The summed E-state index contributed by atoms with van der Waals surface area (Å²) in [6.07, 6.45) is 8.25. The van der Waals surface area contributed by atoms with Gasteiger partial charge < -0.3 is 24.6 Å². The predicted molar refractivity (Wildman–Crippen MR) is 231 cm³/mol. The van der Waals surface area contributed by atoms with Crippen LogP contribution in [0.2, 0.25) is 5.02 Å². The lowest BCUT2D eigenvalue weighted by Gasteiger charge is -2.72. The highest BCUT2D eigenvalue weighted by Gasteiger charge is 2.70. The molecule has 5 fully saturated rings. The topological polar surface area (TPSA) is 105 Å². The van der Waals surface area contributed by atoms with Crippen molar-refractivity contribution >= 4 is 35.9 Å². The van der Waals surface area contributed by atoms with Gasteiger partial charge in [0.1, 0.15) is 12.2 Å². The average molecular weight is 835 g/mol. The van der Waals surface area contributed by atoms with E-state index in [9.17, 15) is 19.2 Å². The van der Waals surface area contributed by atoms with Gasteiger partial charge in [0, 0.05) is 41.9 Å². The fraction of sp³-hybridized carbons (Fsp3) is 0.755. The molecule has 9 nitrogen and oxygen atoms in total. The number of benzene rings is 1. The molecule has 1 N–H and O–H groups in total. The van der Waals surface area contributed by atoms with Crippen LogP contribution in [0.5, 0.6) is 0 Å². The fourth-order valence-corrected chi connectivity index (χ4v) is 14.5. The van der Waals surface area contributed by atoms with Gasteiger partial charge in [-0.05, 0) is 141 Å². The third-order valence-corrected chi connectivity index (χ3v) is 18.3. The van der Waals surface area contributed by atoms with Crippen LogP contribution < -0.4 is 5.32 Å². The number of allylic oxidation sites excluding steroid dienone is 1. The molecule has 0 saturated heterocycles. The molecule has 0 heterocycles. The normalized spacial score (nSPS) is 38.0. The Morgan fingerprint density at radius 2 is 1.56 bits per heavy atom. The molecule has 0 aromatic heterocycles. The molecule has 2 amide bonds. The number of ketones is 1. The summed E-state index contributed by atoms with van der Waals surface area (Å²) in [5.74, 6) is 0.935. The summed E-state index contributed by atoms with van der Waals surface area (Å²) in [7, 11) is 4.05. The van der Waals surface area contributed by atoms with Gasteiger partial charge in [-0.15, -0.1) is 0 Å². The number of carbonyl (C=O) groups excluding carboxylic acids is 4. The maximum Gasteiger partial charge on any atom is 0.318 e. The summed E-state index contributed by atoms with van der Waals surface area (Å²) >= 11 is 6.22. The molecule has 6 aliphatic carbocycles. The highest BCUT2D eigenvalue weighted by molar-refractivity contribution is 6.30. The number of fused-ring (bicyclic) bond motifs is 7. The zero-order valence-corrected chi connectivity index (χ0v) is 38.6. The number of amides is 2. The number of esters is 1. The standard InChI is InChI=1S/C49H72ClN3O6/c1-30(2)40-35(55)27-49(51-43(57)53(25-24-52(10)11)28-31-12-14-32(50)15-13-31)23-22-47(8)33(41(40)49)16-17-37-46(7)20-19-38(45(5,6)36(46)18-21-48(37,47)9)59-42(56)34-26-39(58-29-54)44(34,3)4/h12-15,29-30,33-34,36-39H,16-28H2,1-11H3,(H,51,57)/t33-,34-,36+,37-,38?,39-,46+,47-,48-,49-/m1/s1. The number of nitrogens with zero attached hydrogens (tertiary/aromatic N) is 2. The number of hydrogen-bond acceptors (Lipinski definition) is 7. The highest BCUT2D eigenvalue weighted by atomic mass is 35.5. The van der Waals surface area contributed by atoms with E-state index in [1.165, 1.54) is 5.57 Å². The van der Waals surface area contributed by atoms with Crippen LogP contribution in [0.3, 0.4) is 0 Å². The molecule has 7 rings (SSSR count). The van der Waals surface area contributed by atoms with Crippen LogP contribution >= 0.6 is 11.6 Å². The number of nitrogens with one attached hydrogen (secondary N) is 1. The number of carbonyl (C=O) groups is 4. The lowest BCUT2D eigenvalue weighted by molar-refractivity contribution is -0.236. The lowest BCUT2D eigenvalue weighted by atomic mass is 9.33. The molecule has 0 bridgehead atoms. The van der Waals surface area contributed by atoms with Crippen LogP contribution in [0, 0.1) is 56.7 Å². The van der Waals surface area contributed by atoms with Crippen molar-refractivity contribution in [3.63, 3.8) is 0 Å². The quantitative estimate of drug-likeness (QED) is 0.175. The van der Waals surface area contributed by atoms with E-state index in [4.69, 9.17) is 21.1 Å². The number of likely N-dealkylation sites (N-methyl/N-ethyl adjacent to an activating group) is 1. The molecule has 59 heavy (non-hydrogen) atoms. The minimum absolute atomic E-state index is 0.0353. The lowest BCUT2D eigenvalue weighted by Crippen LogP contribution is -2.67. The van der Waals surface area contributed by atoms with Gasteiger partial charge in [-0.25, -0.2) is 4.79 Å². The first-order chi connectivity index (χ1) is 27.6. The van der Waals surface area contributed by atoms with Gasteiger partial charge in [0.15, 0.2) is 5.78 Å². The van der Waals surface area contributed by atoms with Crippen molar-refractivity contribution in [3.8, 4) is 0 Å². The third kappa shape index (κ3) is 7.08. The van der Waals surface area contributed by atoms with Gasteiger partial charge in [0.05, 0.1) is 11.5 Å². The van der Waals surface area contributed by atoms with E-state index in [0.717, 1.165) is 69.0 Å². The van der Waals surface area contributed by atoms with E-state index >= 15 is 0 Å². The summed E-state index contributed by atoms with van der Waals surface area (Å²) in [6, 6.07) is 7.60. The van der Waals surface area contributed by atoms with Crippen LogP contribution in [-0.2, 0) is 30.4 Å². The molecule has 0 radical (unpaired) electrons. The maximum absolute atomic E-state index is 14.6. The van der Waals surface area contributed by atoms with Crippen molar-refractivity contribution in [1.82, 2.24) is 15.1 Å². The molecule has 0 aliphatic heterocycles. The molecule has 1 aromatic rings. The van der Waals surface area contributed by atoms with Crippen molar-refractivity contribution in [3.05, 3.63) is 46.0 Å². The molecular weight excluding hydrogens is 762 g/mol. The van der Waals surface area contributed by atoms with E-state index < -0.39 is 11.0 Å². The second-order valence-corrected chi connectivity index (χ2v) is 22.6. The van der Waals surface area contributed by atoms with E-state index in [0.29, 0.717) is 49.3 Å². The Balaban J connectivity index is 1.14. The first kappa shape index (κ1) is 44.2. The summed E-state index contributed by atoms with van der Waals surface area (Å²) < 4.78 is 11.8.